The fraction of sp³-hybridized carbons (Fsp3) is 0.125. The summed E-state index contributed by atoms with van der Waals surface area (Å²) in [5, 5.41) is 0. The van der Waals surface area contributed by atoms with Gasteiger partial charge in [-0.2, -0.15) is 0 Å². The van der Waals surface area contributed by atoms with E-state index in [4.69, 9.17) is 4.74 Å². The second kappa shape index (κ2) is 4.56. The molecule has 0 heterocycles. The smallest absolute Gasteiger partial charge is 0.338 e. The van der Waals surface area contributed by atoms with Crippen LogP contribution in [0.3, 0.4) is 0 Å². The van der Waals surface area contributed by atoms with Crippen molar-refractivity contribution in [2.75, 3.05) is 6.61 Å². The van der Waals surface area contributed by atoms with Gasteiger partial charge in [-0.05, 0) is 48.4 Å². The lowest BCUT2D eigenvalue weighted by molar-refractivity contribution is 0.0526. The van der Waals surface area contributed by atoms with Crippen LogP contribution in [0.5, 0.6) is 0 Å². The monoisotopic (exact) mass is 270 g/mol. The van der Waals surface area contributed by atoms with Gasteiger partial charge in [0.2, 0.25) is 0 Å². The maximum atomic E-state index is 13.3. The fourth-order valence-electron chi connectivity index (χ4n) is 2.39. The average molecular weight is 270 g/mol. The molecule has 100 valence electrons. The summed E-state index contributed by atoms with van der Waals surface area (Å²) in [6.07, 6.45) is 0. The first-order valence-corrected chi connectivity index (χ1v) is 6.27. The fourth-order valence-corrected chi connectivity index (χ4v) is 2.39. The van der Waals surface area contributed by atoms with E-state index in [1.54, 1.807) is 19.1 Å². The van der Waals surface area contributed by atoms with Crippen molar-refractivity contribution in [2.24, 2.45) is 0 Å². The van der Waals surface area contributed by atoms with Crippen LogP contribution in [0, 0.1) is 5.82 Å². The zero-order chi connectivity index (χ0) is 14.3. The third-order valence-electron chi connectivity index (χ3n) is 3.29. The molecule has 0 amide bonds. The van der Waals surface area contributed by atoms with Crippen LogP contribution in [0.2, 0.25) is 0 Å². The summed E-state index contributed by atoms with van der Waals surface area (Å²) in [6.45, 7) is 1.99. The van der Waals surface area contributed by atoms with Crippen LogP contribution in [0.1, 0.15) is 33.2 Å². The molecule has 0 radical (unpaired) electrons. The molecule has 0 aromatic heterocycles. The van der Waals surface area contributed by atoms with E-state index in [1.165, 1.54) is 24.3 Å². The van der Waals surface area contributed by atoms with Gasteiger partial charge in [-0.25, -0.2) is 9.18 Å². The van der Waals surface area contributed by atoms with Crippen molar-refractivity contribution in [1.29, 1.82) is 0 Å². The molecule has 0 bridgehead atoms. The lowest BCUT2D eigenvalue weighted by Crippen LogP contribution is -2.06. The standard InChI is InChI=1S/C16H11FO3/c1-2-20-16(19)9-3-5-11-13-8-10(17)4-6-12(13)15(18)14(11)7-9/h3-8H,2H2,1H3. The molecule has 4 heteroatoms. The van der Waals surface area contributed by atoms with Gasteiger partial charge < -0.3 is 4.74 Å². The van der Waals surface area contributed by atoms with E-state index in [0.29, 0.717) is 27.8 Å². The predicted molar refractivity (Wildman–Crippen MR) is 71.2 cm³/mol. The molecule has 0 saturated carbocycles. The molecular weight excluding hydrogens is 259 g/mol. The van der Waals surface area contributed by atoms with Crippen LogP contribution in [-0.2, 0) is 4.74 Å². The molecule has 0 unspecified atom stereocenters. The van der Waals surface area contributed by atoms with Crippen LogP contribution < -0.4 is 0 Å². The lowest BCUT2D eigenvalue weighted by atomic mass is 10.0. The van der Waals surface area contributed by atoms with Crippen molar-refractivity contribution in [3.05, 3.63) is 58.9 Å². The minimum Gasteiger partial charge on any atom is -0.462 e. The maximum absolute atomic E-state index is 13.3. The van der Waals surface area contributed by atoms with Gasteiger partial charge in [-0.15, -0.1) is 0 Å². The Balaban J connectivity index is 2.11. The SMILES string of the molecule is CCOC(=O)c1ccc2c(c1)C(=O)c1ccc(F)cc1-2. The van der Waals surface area contributed by atoms with Gasteiger partial charge in [-0.3, -0.25) is 4.79 Å². The molecular formula is C16H11FO3. The molecule has 0 atom stereocenters. The number of hydrogen-bond acceptors (Lipinski definition) is 3. The van der Waals surface area contributed by atoms with Crippen molar-refractivity contribution in [1.82, 2.24) is 0 Å². The number of rotatable bonds is 2. The molecule has 0 spiro atoms. The molecule has 0 fully saturated rings. The highest BCUT2D eigenvalue weighted by molar-refractivity contribution is 6.22. The highest BCUT2D eigenvalue weighted by Crippen LogP contribution is 2.37. The van der Waals surface area contributed by atoms with Crippen LogP contribution in [0.4, 0.5) is 4.39 Å². The van der Waals surface area contributed by atoms with Gasteiger partial charge in [0.15, 0.2) is 5.78 Å². The molecule has 1 aliphatic rings. The quantitative estimate of drug-likeness (QED) is 0.671. The summed E-state index contributed by atoms with van der Waals surface area (Å²) in [7, 11) is 0. The first kappa shape index (κ1) is 12.5. The molecule has 0 aliphatic heterocycles. The van der Waals surface area contributed by atoms with E-state index in [1.807, 2.05) is 0 Å². The molecule has 0 N–H and O–H groups in total. The summed E-state index contributed by atoms with van der Waals surface area (Å²) >= 11 is 0. The Hall–Kier alpha value is -2.49. The zero-order valence-corrected chi connectivity index (χ0v) is 10.8. The Morgan fingerprint density at radius 1 is 1.05 bits per heavy atom. The lowest BCUT2D eigenvalue weighted by Gasteiger charge is -2.04. The van der Waals surface area contributed by atoms with E-state index in [9.17, 15) is 14.0 Å². The number of hydrogen-bond donors (Lipinski definition) is 0. The summed E-state index contributed by atoms with van der Waals surface area (Å²) in [4.78, 5) is 23.9. The Morgan fingerprint density at radius 3 is 2.55 bits per heavy atom. The number of halogens is 1. The molecule has 2 aromatic rings. The van der Waals surface area contributed by atoms with Gasteiger partial charge in [0.05, 0.1) is 12.2 Å². The second-order valence-electron chi connectivity index (χ2n) is 4.50. The van der Waals surface area contributed by atoms with E-state index in [0.717, 1.165) is 0 Å². The second-order valence-corrected chi connectivity index (χ2v) is 4.50. The topological polar surface area (TPSA) is 43.4 Å². The molecule has 0 saturated heterocycles. The number of esters is 1. The van der Waals surface area contributed by atoms with Crippen LogP contribution >= 0.6 is 0 Å². The van der Waals surface area contributed by atoms with Crippen LogP contribution in [0.15, 0.2) is 36.4 Å². The number of benzene rings is 2. The Morgan fingerprint density at radius 2 is 1.80 bits per heavy atom. The molecule has 3 nitrogen and oxygen atoms in total. The van der Waals surface area contributed by atoms with Crippen molar-refractivity contribution in [3.8, 4) is 11.1 Å². The van der Waals surface area contributed by atoms with Gasteiger partial charge in [-0.1, -0.05) is 6.07 Å². The van der Waals surface area contributed by atoms with Gasteiger partial charge >= 0.3 is 5.97 Å². The zero-order valence-electron chi connectivity index (χ0n) is 10.8. The van der Waals surface area contributed by atoms with Crippen molar-refractivity contribution < 1.29 is 18.7 Å². The highest BCUT2D eigenvalue weighted by Gasteiger charge is 2.28. The third kappa shape index (κ3) is 1.81. The van der Waals surface area contributed by atoms with E-state index in [2.05, 4.69) is 0 Å². The number of carbonyl (C=O) groups excluding carboxylic acids is 2. The Labute approximate surface area is 115 Å². The predicted octanol–water partition coefficient (Wildman–Crippen LogP) is 3.21. The number of carbonyl (C=O) groups is 2. The van der Waals surface area contributed by atoms with E-state index >= 15 is 0 Å². The third-order valence-corrected chi connectivity index (χ3v) is 3.29. The molecule has 3 rings (SSSR count). The van der Waals surface area contributed by atoms with E-state index in [-0.39, 0.29) is 18.2 Å². The van der Waals surface area contributed by atoms with Crippen molar-refractivity contribution in [2.45, 2.75) is 6.92 Å². The molecule has 20 heavy (non-hydrogen) atoms. The van der Waals surface area contributed by atoms with Gasteiger partial charge in [0.1, 0.15) is 5.82 Å². The summed E-state index contributed by atoms with van der Waals surface area (Å²) < 4.78 is 18.2. The van der Waals surface area contributed by atoms with Crippen LogP contribution in [-0.4, -0.2) is 18.4 Å². The van der Waals surface area contributed by atoms with Gasteiger partial charge in [0, 0.05) is 11.1 Å². The Kier molecular flexibility index (Phi) is 2.86. The van der Waals surface area contributed by atoms with Crippen molar-refractivity contribution in [3.63, 3.8) is 0 Å². The number of ketones is 1. The summed E-state index contributed by atoms with van der Waals surface area (Å²) in [6, 6.07) is 8.82. The van der Waals surface area contributed by atoms with Gasteiger partial charge in [0.25, 0.3) is 0 Å². The van der Waals surface area contributed by atoms with E-state index < -0.39 is 5.97 Å². The highest BCUT2D eigenvalue weighted by atomic mass is 19.1. The summed E-state index contributed by atoms with van der Waals surface area (Å²) in [5.74, 6) is -1.05. The Bertz CT molecular complexity index is 734. The first-order valence-electron chi connectivity index (χ1n) is 6.27. The largest absolute Gasteiger partial charge is 0.462 e. The normalized spacial score (nSPS) is 12.0. The maximum Gasteiger partial charge on any atom is 0.338 e. The first-order chi connectivity index (χ1) is 9.61. The molecule has 2 aromatic carbocycles. The van der Waals surface area contributed by atoms with Crippen LogP contribution in [0.25, 0.3) is 11.1 Å². The molecule has 1 aliphatic carbocycles. The minimum absolute atomic E-state index is 0.193. The number of fused-ring (bicyclic) bond motifs is 3. The summed E-state index contributed by atoms with van der Waals surface area (Å²) in [5.41, 5.74) is 2.42. The number of ether oxygens (including phenoxy) is 1. The average Bonchev–Trinajstić information content (AvgIpc) is 2.72. The minimum atomic E-state index is -0.467. The van der Waals surface area contributed by atoms with Crippen molar-refractivity contribution >= 4 is 11.8 Å².